The van der Waals surface area contributed by atoms with E-state index in [1.807, 2.05) is 22.9 Å². The van der Waals surface area contributed by atoms with E-state index < -0.39 is 0 Å². The Morgan fingerprint density at radius 1 is 0.724 bits per heavy atom. The summed E-state index contributed by atoms with van der Waals surface area (Å²) >= 11 is 3.17. The zero-order valence-corrected chi connectivity index (χ0v) is 17.7. The molecule has 0 amide bonds. The average Bonchev–Trinajstić information content (AvgIpc) is 3.17. The molecule has 0 aliphatic carbocycles. The van der Waals surface area contributed by atoms with Gasteiger partial charge >= 0.3 is 0 Å². The van der Waals surface area contributed by atoms with Crippen LogP contribution in [0.2, 0.25) is 0 Å². The smallest absolute Gasteiger partial charge is 0.190 e. The van der Waals surface area contributed by atoms with Crippen molar-refractivity contribution in [2.75, 3.05) is 12.5 Å². The van der Waals surface area contributed by atoms with Gasteiger partial charge in [0.05, 0.1) is 16.6 Å². The number of fused-ring (bicyclic) bond motifs is 3. The van der Waals surface area contributed by atoms with Crippen LogP contribution in [-0.4, -0.2) is 32.1 Å². The fourth-order valence-electron chi connectivity index (χ4n) is 3.53. The van der Waals surface area contributed by atoms with Gasteiger partial charge in [-0.15, -0.1) is 16.9 Å². The van der Waals surface area contributed by atoms with Crippen LogP contribution < -0.4 is 0 Å². The molecule has 0 N–H and O–H groups in total. The molecule has 0 fully saturated rings. The van der Waals surface area contributed by atoms with Gasteiger partial charge in [-0.25, -0.2) is 14.5 Å². The average molecular weight is 415 g/mol. The molecule has 6 heteroatoms. The van der Waals surface area contributed by atoms with Crippen LogP contribution in [0.25, 0.3) is 38.9 Å². The van der Waals surface area contributed by atoms with Crippen molar-refractivity contribution in [1.82, 2.24) is 19.6 Å². The summed E-state index contributed by atoms with van der Waals surface area (Å²) in [5, 5.41) is 7.59. The van der Waals surface area contributed by atoms with Gasteiger partial charge < -0.3 is 0 Å². The highest BCUT2D eigenvalue weighted by molar-refractivity contribution is 7.99. The molecular formula is C23H18N4S2. The number of rotatable bonds is 4. The molecule has 2 aromatic carbocycles. The number of hydrogen-bond acceptors (Lipinski definition) is 5. The maximum atomic E-state index is 4.88. The molecule has 29 heavy (non-hydrogen) atoms. The normalized spacial score (nSPS) is 11.4. The van der Waals surface area contributed by atoms with Crippen molar-refractivity contribution in [3.63, 3.8) is 0 Å². The van der Waals surface area contributed by atoms with E-state index in [9.17, 15) is 0 Å². The second kappa shape index (κ2) is 7.54. The summed E-state index contributed by atoms with van der Waals surface area (Å²) in [5.74, 6) is 0. The zero-order valence-electron chi connectivity index (χ0n) is 16.0. The summed E-state index contributed by atoms with van der Waals surface area (Å²) in [6.45, 7) is 0. The second-order valence-electron chi connectivity index (χ2n) is 6.58. The molecule has 142 valence electrons. The van der Waals surface area contributed by atoms with E-state index >= 15 is 0 Å². The molecule has 0 unspecified atom stereocenters. The third-order valence-corrected chi connectivity index (χ3v) is 6.11. The van der Waals surface area contributed by atoms with E-state index in [-0.39, 0.29) is 0 Å². The Morgan fingerprint density at radius 2 is 1.41 bits per heavy atom. The van der Waals surface area contributed by atoms with E-state index in [4.69, 9.17) is 10.1 Å². The van der Waals surface area contributed by atoms with Gasteiger partial charge in [-0.1, -0.05) is 72.4 Å². The molecule has 3 aromatic heterocycles. The standard InChI is InChI=1S/C23H18N4S2/c1-28-22-20-19-14-17(15-9-5-3-6-10-15)13-18(16-11-7-4-8-12-16)27(19)26-21(20)24-23(25-22)29-2/h3-14H,1-2H3. The number of thioether (sulfide) groups is 2. The SMILES string of the molecule is CSc1nc(SC)c2c(n1)nn1c(-c3ccccc3)cc(-c3ccccc3)cc21. The van der Waals surface area contributed by atoms with Crippen molar-refractivity contribution >= 4 is 40.1 Å². The van der Waals surface area contributed by atoms with Crippen molar-refractivity contribution in [2.45, 2.75) is 10.2 Å². The van der Waals surface area contributed by atoms with Gasteiger partial charge in [0.2, 0.25) is 0 Å². The molecule has 0 saturated heterocycles. The molecule has 0 aliphatic rings. The Kier molecular flexibility index (Phi) is 4.73. The Bertz CT molecular complexity index is 1320. The molecule has 3 heterocycles. The quantitative estimate of drug-likeness (QED) is 0.203. The van der Waals surface area contributed by atoms with Crippen molar-refractivity contribution < 1.29 is 0 Å². The van der Waals surface area contributed by atoms with E-state index in [0.717, 1.165) is 43.6 Å². The van der Waals surface area contributed by atoms with E-state index in [1.54, 1.807) is 11.8 Å². The topological polar surface area (TPSA) is 43.1 Å². The third kappa shape index (κ3) is 3.18. The molecule has 0 radical (unpaired) electrons. The van der Waals surface area contributed by atoms with Crippen LogP contribution in [0.5, 0.6) is 0 Å². The fraction of sp³-hybridized carbons (Fsp3) is 0.0870. The van der Waals surface area contributed by atoms with Crippen molar-refractivity contribution in [2.24, 2.45) is 0 Å². The van der Waals surface area contributed by atoms with Crippen LogP contribution in [0.15, 0.2) is 83.0 Å². The zero-order chi connectivity index (χ0) is 19.8. The van der Waals surface area contributed by atoms with E-state index in [0.29, 0.717) is 0 Å². The summed E-state index contributed by atoms with van der Waals surface area (Å²) < 4.78 is 2.00. The molecule has 5 aromatic rings. The van der Waals surface area contributed by atoms with Crippen molar-refractivity contribution in [1.29, 1.82) is 0 Å². The second-order valence-corrected chi connectivity index (χ2v) is 8.14. The molecule has 4 nitrogen and oxygen atoms in total. The predicted molar refractivity (Wildman–Crippen MR) is 123 cm³/mol. The molecule has 0 atom stereocenters. The molecule has 5 rings (SSSR count). The van der Waals surface area contributed by atoms with E-state index in [2.05, 4.69) is 71.9 Å². The summed E-state index contributed by atoms with van der Waals surface area (Å²) in [5.41, 5.74) is 6.24. The highest BCUT2D eigenvalue weighted by atomic mass is 32.2. The minimum absolute atomic E-state index is 0.732. The maximum Gasteiger partial charge on any atom is 0.190 e. The van der Waals surface area contributed by atoms with Crippen LogP contribution in [0.1, 0.15) is 0 Å². The first-order valence-electron chi connectivity index (χ1n) is 9.22. The minimum atomic E-state index is 0.732. The van der Waals surface area contributed by atoms with E-state index in [1.165, 1.54) is 17.3 Å². The number of pyridine rings is 1. The third-order valence-electron chi connectivity index (χ3n) is 4.88. The monoisotopic (exact) mass is 414 g/mol. The summed E-state index contributed by atoms with van der Waals surface area (Å²) in [6.07, 6.45) is 4.04. The van der Waals surface area contributed by atoms with Crippen molar-refractivity contribution in [3.8, 4) is 22.4 Å². The van der Waals surface area contributed by atoms with Crippen LogP contribution in [0, 0.1) is 0 Å². The Labute approximate surface area is 177 Å². The number of hydrogen-bond donors (Lipinski definition) is 0. The van der Waals surface area contributed by atoms with Crippen LogP contribution >= 0.6 is 23.5 Å². The summed E-state index contributed by atoms with van der Waals surface area (Å²) in [7, 11) is 0. The summed E-state index contributed by atoms with van der Waals surface area (Å²) in [6, 6.07) is 25.2. The Morgan fingerprint density at radius 3 is 2.07 bits per heavy atom. The molecule has 0 aliphatic heterocycles. The highest BCUT2D eigenvalue weighted by Gasteiger charge is 2.18. The summed E-state index contributed by atoms with van der Waals surface area (Å²) in [4.78, 5) is 9.41. The number of benzene rings is 2. The maximum absolute atomic E-state index is 4.88. The number of aromatic nitrogens is 4. The molecule has 0 bridgehead atoms. The first kappa shape index (κ1) is 18.2. The lowest BCUT2D eigenvalue weighted by molar-refractivity contribution is 0.913. The lowest BCUT2D eigenvalue weighted by Gasteiger charge is -2.10. The van der Waals surface area contributed by atoms with Gasteiger partial charge in [0.15, 0.2) is 10.8 Å². The first-order chi connectivity index (χ1) is 14.3. The molecule has 0 saturated carbocycles. The Hall–Kier alpha value is -2.83. The lowest BCUT2D eigenvalue weighted by Crippen LogP contribution is -1.95. The van der Waals surface area contributed by atoms with Crippen LogP contribution in [0.4, 0.5) is 0 Å². The lowest BCUT2D eigenvalue weighted by atomic mass is 10.0. The van der Waals surface area contributed by atoms with Gasteiger partial charge in [-0.2, -0.15) is 0 Å². The van der Waals surface area contributed by atoms with Gasteiger partial charge in [0.25, 0.3) is 0 Å². The van der Waals surface area contributed by atoms with Gasteiger partial charge in [-0.05, 0) is 35.8 Å². The highest BCUT2D eigenvalue weighted by Crippen LogP contribution is 2.35. The Balaban J connectivity index is 1.91. The first-order valence-corrected chi connectivity index (χ1v) is 11.7. The predicted octanol–water partition coefficient (Wildman–Crippen LogP) is 6.06. The van der Waals surface area contributed by atoms with Crippen LogP contribution in [0.3, 0.4) is 0 Å². The van der Waals surface area contributed by atoms with Gasteiger partial charge in [-0.3, -0.25) is 0 Å². The van der Waals surface area contributed by atoms with Crippen LogP contribution in [-0.2, 0) is 0 Å². The van der Waals surface area contributed by atoms with Gasteiger partial charge in [0.1, 0.15) is 5.03 Å². The molecular weight excluding hydrogens is 396 g/mol. The largest absolute Gasteiger partial charge is 0.230 e. The number of nitrogens with zero attached hydrogens (tertiary/aromatic N) is 4. The van der Waals surface area contributed by atoms with Gasteiger partial charge in [0, 0.05) is 5.56 Å². The van der Waals surface area contributed by atoms with Crippen molar-refractivity contribution in [3.05, 3.63) is 72.8 Å². The molecule has 0 spiro atoms. The fourth-order valence-corrected chi connectivity index (χ4v) is 4.52. The minimum Gasteiger partial charge on any atom is -0.230 e.